The predicted molar refractivity (Wildman–Crippen MR) is 131 cm³/mol. The fraction of sp³-hybridized carbons (Fsp3) is 0.0370. The van der Waals surface area contributed by atoms with Crippen LogP contribution in [0, 0.1) is 0 Å². The van der Waals surface area contributed by atoms with Crippen molar-refractivity contribution in [2.24, 2.45) is 0 Å². The van der Waals surface area contributed by atoms with Gasteiger partial charge in [0.25, 0.3) is 0 Å². The number of nitrogens with one attached hydrogen (secondary N) is 2. The number of anilines is 2. The Hall–Kier alpha value is -4.38. The molecule has 5 nitrogen and oxygen atoms in total. The summed E-state index contributed by atoms with van der Waals surface area (Å²) in [5.41, 5.74) is 7.30. The van der Waals surface area contributed by atoms with Crippen LogP contribution in [0.1, 0.15) is 5.56 Å². The van der Waals surface area contributed by atoms with E-state index in [1.165, 1.54) is 0 Å². The first-order valence-electron chi connectivity index (χ1n) is 10.4. The molecular formula is C27H22N4O. The van der Waals surface area contributed by atoms with Gasteiger partial charge in [-0.25, -0.2) is 4.98 Å². The Labute approximate surface area is 186 Å². The van der Waals surface area contributed by atoms with Crippen LogP contribution < -0.4 is 15.4 Å². The number of ether oxygens (including phenoxy) is 1. The molecule has 156 valence electrons. The summed E-state index contributed by atoms with van der Waals surface area (Å²) in [6, 6.07) is 22.0. The molecule has 32 heavy (non-hydrogen) atoms. The second-order valence-corrected chi connectivity index (χ2v) is 7.30. The van der Waals surface area contributed by atoms with Crippen LogP contribution in [0.15, 0.2) is 103 Å². The molecular weight excluding hydrogens is 396 g/mol. The average Bonchev–Trinajstić information content (AvgIpc) is 3.14. The zero-order valence-corrected chi connectivity index (χ0v) is 17.6. The Kier molecular flexibility index (Phi) is 5.37. The monoisotopic (exact) mass is 418 g/mol. The molecule has 0 atom stereocenters. The van der Waals surface area contributed by atoms with E-state index in [1.807, 2.05) is 103 Å². The zero-order valence-electron chi connectivity index (χ0n) is 17.6. The summed E-state index contributed by atoms with van der Waals surface area (Å²) in [7, 11) is 1.66. The van der Waals surface area contributed by atoms with Crippen LogP contribution in [0.4, 0.5) is 11.4 Å². The summed E-state index contributed by atoms with van der Waals surface area (Å²) in [5, 5.41) is 6.93. The van der Waals surface area contributed by atoms with Crippen LogP contribution in [-0.4, -0.2) is 17.1 Å². The highest BCUT2D eigenvalue weighted by molar-refractivity contribution is 5.97. The van der Waals surface area contributed by atoms with Crippen molar-refractivity contribution in [1.29, 1.82) is 0 Å². The third kappa shape index (κ3) is 3.96. The van der Waals surface area contributed by atoms with Gasteiger partial charge in [0.1, 0.15) is 11.3 Å². The topological polar surface area (TPSA) is 59.1 Å². The second kappa shape index (κ2) is 8.78. The van der Waals surface area contributed by atoms with Gasteiger partial charge in [-0.2, -0.15) is 0 Å². The van der Waals surface area contributed by atoms with E-state index in [9.17, 15) is 0 Å². The van der Waals surface area contributed by atoms with E-state index in [4.69, 9.17) is 14.7 Å². The van der Waals surface area contributed by atoms with Crippen molar-refractivity contribution in [2.45, 2.75) is 0 Å². The van der Waals surface area contributed by atoms with E-state index in [0.717, 1.165) is 50.7 Å². The molecule has 1 aromatic heterocycles. The van der Waals surface area contributed by atoms with Gasteiger partial charge in [-0.3, -0.25) is 4.98 Å². The molecule has 2 heterocycles. The molecule has 0 unspecified atom stereocenters. The summed E-state index contributed by atoms with van der Waals surface area (Å²) in [5.74, 6) is 0.809. The molecule has 0 radical (unpaired) electrons. The molecule has 0 bridgehead atoms. The lowest BCUT2D eigenvalue weighted by Gasteiger charge is -2.17. The molecule has 2 N–H and O–H groups in total. The van der Waals surface area contributed by atoms with Crippen molar-refractivity contribution in [3.63, 3.8) is 0 Å². The first-order valence-corrected chi connectivity index (χ1v) is 10.4. The van der Waals surface area contributed by atoms with Gasteiger partial charge in [0, 0.05) is 28.7 Å². The van der Waals surface area contributed by atoms with Gasteiger partial charge < -0.3 is 15.4 Å². The highest BCUT2D eigenvalue weighted by Gasteiger charge is 2.16. The number of hydrogen-bond acceptors (Lipinski definition) is 5. The molecule has 5 rings (SSSR count). The van der Waals surface area contributed by atoms with Crippen molar-refractivity contribution < 1.29 is 4.74 Å². The molecule has 0 spiro atoms. The molecule has 4 aromatic rings. The number of hydrogen-bond donors (Lipinski definition) is 2. The largest absolute Gasteiger partial charge is 0.497 e. The SMILES string of the molecule is COc1ccc(-c2cnc3ccc(Nc4ccccc4)c(C4=CC=CC=CN4)c3n2)cc1. The molecule has 0 amide bonds. The molecule has 0 saturated heterocycles. The molecule has 0 saturated carbocycles. The number of para-hydroxylation sites is 1. The maximum Gasteiger partial charge on any atom is 0.118 e. The third-order valence-electron chi connectivity index (χ3n) is 5.24. The molecule has 5 heteroatoms. The molecule has 1 aliphatic heterocycles. The van der Waals surface area contributed by atoms with E-state index < -0.39 is 0 Å². The van der Waals surface area contributed by atoms with Gasteiger partial charge in [-0.05, 0) is 60.7 Å². The van der Waals surface area contributed by atoms with Crippen molar-refractivity contribution in [2.75, 3.05) is 12.4 Å². The van der Waals surface area contributed by atoms with Gasteiger partial charge in [0.15, 0.2) is 0 Å². The van der Waals surface area contributed by atoms with E-state index in [0.29, 0.717) is 0 Å². The number of benzene rings is 3. The molecule has 1 aliphatic rings. The standard InChI is InChI=1S/C27H22N4O/c1-32-21-13-11-19(12-14-21)25-18-29-24-16-15-23(30-20-8-4-2-5-9-20)26(27(24)31-25)22-10-6-3-7-17-28-22/h2-18,28,30H,1H3. The summed E-state index contributed by atoms with van der Waals surface area (Å²) in [6.07, 6.45) is 11.7. The highest BCUT2D eigenvalue weighted by Crippen LogP contribution is 2.33. The van der Waals surface area contributed by atoms with Crippen LogP contribution in [0.2, 0.25) is 0 Å². The van der Waals surface area contributed by atoms with E-state index in [2.05, 4.69) is 10.6 Å². The summed E-state index contributed by atoms with van der Waals surface area (Å²) >= 11 is 0. The Morgan fingerprint density at radius 2 is 1.72 bits per heavy atom. The lowest BCUT2D eigenvalue weighted by molar-refractivity contribution is 0.415. The first-order chi connectivity index (χ1) is 15.8. The van der Waals surface area contributed by atoms with Gasteiger partial charge in [0.05, 0.1) is 30.2 Å². The Morgan fingerprint density at radius 3 is 2.53 bits per heavy atom. The minimum Gasteiger partial charge on any atom is -0.497 e. The molecule has 0 aliphatic carbocycles. The van der Waals surface area contributed by atoms with E-state index >= 15 is 0 Å². The number of allylic oxidation sites excluding steroid dienone is 4. The maximum absolute atomic E-state index is 5.28. The maximum atomic E-state index is 5.28. The zero-order chi connectivity index (χ0) is 21.8. The van der Waals surface area contributed by atoms with Crippen LogP contribution in [0.3, 0.4) is 0 Å². The van der Waals surface area contributed by atoms with E-state index in [1.54, 1.807) is 7.11 Å². The lowest BCUT2D eigenvalue weighted by Crippen LogP contribution is -2.08. The third-order valence-corrected chi connectivity index (χ3v) is 5.24. The lowest BCUT2D eigenvalue weighted by atomic mass is 10.0. The van der Waals surface area contributed by atoms with Crippen molar-refractivity contribution in [3.8, 4) is 17.0 Å². The number of nitrogens with zero attached hydrogens (tertiary/aromatic N) is 2. The minimum absolute atomic E-state index is 0.804. The normalized spacial score (nSPS) is 12.7. The van der Waals surface area contributed by atoms with Gasteiger partial charge in [-0.15, -0.1) is 0 Å². The van der Waals surface area contributed by atoms with Gasteiger partial charge in [0.2, 0.25) is 0 Å². The summed E-state index contributed by atoms with van der Waals surface area (Å²) in [4.78, 5) is 9.75. The predicted octanol–water partition coefficient (Wildman–Crippen LogP) is 6.06. The van der Waals surface area contributed by atoms with Crippen LogP contribution in [0.25, 0.3) is 28.0 Å². The van der Waals surface area contributed by atoms with Crippen LogP contribution in [-0.2, 0) is 0 Å². The van der Waals surface area contributed by atoms with Gasteiger partial charge in [-0.1, -0.05) is 30.4 Å². The Bertz CT molecular complexity index is 1340. The van der Waals surface area contributed by atoms with Crippen molar-refractivity contribution in [3.05, 3.63) is 109 Å². The van der Waals surface area contributed by atoms with Crippen molar-refractivity contribution in [1.82, 2.24) is 15.3 Å². The Balaban J connectivity index is 1.68. The van der Waals surface area contributed by atoms with Crippen LogP contribution >= 0.6 is 0 Å². The Morgan fingerprint density at radius 1 is 0.875 bits per heavy atom. The number of methoxy groups -OCH3 is 1. The summed E-state index contributed by atoms with van der Waals surface area (Å²) < 4.78 is 5.28. The fourth-order valence-electron chi connectivity index (χ4n) is 3.65. The number of fused-ring (bicyclic) bond motifs is 1. The fourth-order valence-corrected chi connectivity index (χ4v) is 3.65. The number of aromatic nitrogens is 2. The van der Waals surface area contributed by atoms with E-state index in [-0.39, 0.29) is 0 Å². The van der Waals surface area contributed by atoms with Crippen molar-refractivity contribution >= 4 is 28.1 Å². The van der Waals surface area contributed by atoms with Gasteiger partial charge >= 0.3 is 0 Å². The highest BCUT2D eigenvalue weighted by atomic mass is 16.5. The molecule has 3 aromatic carbocycles. The number of rotatable bonds is 5. The minimum atomic E-state index is 0.804. The average molecular weight is 419 g/mol. The first kappa shape index (κ1) is 19.6. The molecule has 0 fully saturated rings. The summed E-state index contributed by atoms with van der Waals surface area (Å²) in [6.45, 7) is 0. The quantitative estimate of drug-likeness (QED) is 0.412. The second-order valence-electron chi connectivity index (χ2n) is 7.30. The smallest absolute Gasteiger partial charge is 0.118 e. The van der Waals surface area contributed by atoms with Crippen LogP contribution in [0.5, 0.6) is 5.75 Å².